The van der Waals surface area contributed by atoms with Crippen molar-refractivity contribution in [1.29, 1.82) is 0 Å². The maximum Gasteiger partial charge on any atom is -0.00489 e. The highest BCUT2D eigenvalue weighted by Crippen LogP contribution is 2.26. The first-order valence-corrected chi connectivity index (χ1v) is 4.27. The first-order chi connectivity index (χ1) is 4.86. The number of hydrogen-bond donors (Lipinski definition) is 2. The molecule has 0 radical (unpaired) electrons. The summed E-state index contributed by atoms with van der Waals surface area (Å²) in [6, 6.07) is 0. The molecule has 2 nitrogen and oxygen atoms in total. The van der Waals surface area contributed by atoms with Crippen LogP contribution in [0.15, 0.2) is 0 Å². The zero-order valence-electron chi connectivity index (χ0n) is 6.55. The summed E-state index contributed by atoms with van der Waals surface area (Å²) in [6.07, 6.45) is 5.22. The minimum absolute atomic E-state index is 0.794. The number of hydrogen-bond acceptors (Lipinski definition) is 2. The summed E-state index contributed by atoms with van der Waals surface area (Å²) < 4.78 is 0. The summed E-state index contributed by atoms with van der Waals surface area (Å²) in [6.45, 7) is 1.74. The fraction of sp³-hybridized carbons (Fsp3) is 1.00. The van der Waals surface area contributed by atoms with Crippen molar-refractivity contribution in [2.45, 2.75) is 25.7 Å². The van der Waals surface area contributed by atoms with E-state index in [9.17, 15) is 0 Å². The van der Waals surface area contributed by atoms with Gasteiger partial charge in [-0.05, 0) is 50.6 Å². The van der Waals surface area contributed by atoms with Gasteiger partial charge in [0.2, 0.25) is 0 Å². The van der Waals surface area contributed by atoms with E-state index in [2.05, 4.69) is 0 Å². The van der Waals surface area contributed by atoms with Crippen LogP contribution in [0.2, 0.25) is 0 Å². The van der Waals surface area contributed by atoms with Gasteiger partial charge in [0.05, 0.1) is 0 Å². The molecule has 0 bridgehead atoms. The lowest BCUT2D eigenvalue weighted by atomic mass is 9.82. The van der Waals surface area contributed by atoms with Gasteiger partial charge in [-0.25, -0.2) is 0 Å². The van der Waals surface area contributed by atoms with Crippen molar-refractivity contribution in [1.82, 2.24) is 0 Å². The van der Waals surface area contributed by atoms with Crippen molar-refractivity contribution < 1.29 is 0 Å². The summed E-state index contributed by atoms with van der Waals surface area (Å²) >= 11 is 0. The van der Waals surface area contributed by atoms with E-state index >= 15 is 0 Å². The van der Waals surface area contributed by atoms with Gasteiger partial charge in [0, 0.05) is 0 Å². The fourth-order valence-corrected chi connectivity index (χ4v) is 1.70. The molecule has 0 aromatic carbocycles. The molecule has 1 rings (SSSR count). The molecule has 0 aromatic heterocycles. The van der Waals surface area contributed by atoms with E-state index in [0.29, 0.717) is 0 Å². The molecular formula is C8H18N2. The van der Waals surface area contributed by atoms with Crippen LogP contribution in [0.5, 0.6) is 0 Å². The van der Waals surface area contributed by atoms with E-state index in [1.54, 1.807) is 0 Å². The molecule has 10 heavy (non-hydrogen) atoms. The van der Waals surface area contributed by atoms with Crippen molar-refractivity contribution in [3.63, 3.8) is 0 Å². The fourth-order valence-electron chi connectivity index (χ4n) is 1.70. The van der Waals surface area contributed by atoms with Crippen LogP contribution in [-0.4, -0.2) is 13.1 Å². The molecular weight excluding hydrogens is 124 g/mol. The first-order valence-electron chi connectivity index (χ1n) is 4.27. The molecule has 2 heteroatoms. The molecule has 0 unspecified atom stereocenters. The smallest absolute Gasteiger partial charge is 0.00489 e. The van der Waals surface area contributed by atoms with E-state index in [0.717, 1.165) is 24.9 Å². The average molecular weight is 142 g/mol. The topological polar surface area (TPSA) is 52.0 Å². The third-order valence-corrected chi connectivity index (χ3v) is 2.63. The molecule has 4 N–H and O–H groups in total. The highest BCUT2D eigenvalue weighted by molar-refractivity contribution is 4.72. The molecule has 1 fully saturated rings. The molecule has 1 aliphatic carbocycles. The Morgan fingerprint density at radius 3 is 1.30 bits per heavy atom. The van der Waals surface area contributed by atoms with Crippen molar-refractivity contribution in [3.8, 4) is 0 Å². The average Bonchev–Trinajstić information content (AvgIpc) is 2.05. The van der Waals surface area contributed by atoms with Gasteiger partial charge in [-0.1, -0.05) is 0 Å². The third-order valence-electron chi connectivity index (χ3n) is 2.63. The molecule has 0 aliphatic heterocycles. The minimum atomic E-state index is 0.794. The summed E-state index contributed by atoms with van der Waals surface area (Å²) in [5.41, 5.74) is 11.1. The minimum Gasteiger partial charge on any atom is -0.330 e. The van der Waals surface area contributed by atoms with Gasteiger partial charge in [0.25, 0.3) is 0 Å². The molecule has 0 amide bonds. The van der Waals surface area contributed by atoms with Gasteiger partial charge in [0.15, 0.2) is 0 Å². The maximum atomic E-state index is 5.56. The molecule has 0 spiro atoms. The van der Waals surface area contributed by atoms with Crippen molar-refractivity contribution in [2.24, 2.45) is 23.3 Å². The van der Waals surface area contributed by atoms with Crippen LogP contribution in [-0.2, 0) is 0 Å². The summed E-state index contributed by atoms with van der Waals surface area (Å²) in [4.78, 5) is 0. The zero-order valence-corrected chi connectivity index (χ0v) is 6.55. The highest BCUT2D eigenvalue weighted by atomic mass is 14.6. The largest absolute Gasteiger partial charge is 0.330 e. The van der Waals surface area contributed by atoms with Gasteiger partial charge in [-0.3, -0.25) is 0 Å². The van der Waals surface area contributed by atoms with E-state index in [1.807, 2.05) is 0 Å². The Balaban J connectivity index is 2.17. The molecule has 1 aliphatic rings. The lowest BCUT2D eigenvalue weighted by Gasteiger charge is -2.26. The molecule has 1 saturated carbocycles. The Morgan fingerprint density at radius 1 is 0.800 bits per heavy atom. The van der Waals surface area contributed by atoms with Crippen LogP contribution in [0.1, 0.15) is 25.7 Å². The van der Waals surface area contributed by atoms with Gasteiger partial charge in [-0.15, -0.1) is 0 Å². The molecule has 60 valence electrons. The summed E-state index contributed by atoms with van der Waals surface area (Å²) in [7, 11) is 0. The standard InChI is InChI=1S/C8H18N2/c9-5-7-1-2-8(6-10)4-3-7/h7-8H,1-6,9-10H2. The van der Waals surface area contributed by atoms with Gasteiger partial charge in [-0.2, -0.15) is 0 Å². The Bertz CT molecular complexity index is 73.3. The van der Waals surface area contributed by atoms with E-state index in [4.69, 9.17) is 11.5 Å². The monoisotopic (exact) mass is 142 g/mol. The van der Waals surface area contributed by atoms with Crippen LogP contribution in [0.4, 0.5) is 0 Å². The van der Waals surface area contributed by atoms with Crippen LogP contribution in [0.25, 0.3) is 0 Å². The molecule has 0 atom stereocenters. The molecule has 0 aromatic rings. The Hall–Kier alpha value is -0.0800. The van der Waals surface area contributed by atoms with Gasteiger partial charge >= 0.3 is 0 Å². The maximum absolute atomic E-state index is 5.56. The SMILES string of the molecule is NCC1CCC(CN)CC1. The summed E-state index contributed by atoms with van der Waals surface area (Å²) in [5, 5.41) is 0. The van der Waals surface area contributed by atoms with Crippen molar-refractivity contribution in [3.05, 3.63) is 0 Å². The van der Waals surface area contributed by atoms with Crippen LogP contribution >= 0.6 is 0 Å². The van der Waals surface area contributed by atoms with E-state index < -0.39 is 0 Å². The second-order valence-electron chi connectivity index (χ2n) is 3.36. The second kappa shape index (κ2) is 3.94. The van der Waals surface area contributed by atoms with Crippen molar-refractivity contribution >= 4 is 0 Å². The van der Waals surface area contributed by atoms with Gasteiger partial charge < -0.3 is 11.5 Å². The second-order valence-corrected chi connectivity index (χ2v) is 3.36. The molecule has 0 heterocycles. The van der Waals surface area contributed by atoms with Crippen LogP contribution in [0, 0.1) is 11.8 Å². The summed E-state index contributed by atoms with van der Waals surface area (Å²) in [5.74, 6) is 1.59. The predicted molar refractivity (Wildman–Crippen MR) is 43.6 cm³/mol. The van der Waals surface area contributed by atoms with Crippen molar-refractivity contribution in [2.75, 3.05) is 13.1 Å². The Morgan fingerprint density at radius 2 is 1.10 bits per heavy atom. The Labute approximate surface area is 63.0 Å². The normalized spacial score (nSPS) is 34.2. The highest BCUT2D eigenvalue weighted by Gasteiger charge is 2.18. The van der Waals surface area contributed by atoms with E-state index in [-0.39, 0.29) is 0 Å². The van der Waals surface area contributed by atoms with Crippen LogP contribution in [0.3, 0.4) is 0 Å². The zero-order chi connectivity index (χ0) is 7.40. The first kappa shape index (κ1) is 8.02. The quantitative estimate of drug-likeness (QED) is 0.596. The Kier molecular flexibility index (Phi) is 3.16. The predicted octanol–water partition coefficient (Wildman–Crippen LogP) is 0.710. The lowest BCUT2D eigenvalue weighted by molar-refractivity contribution is 0.285. The molecule has 0 saturated heterocycles. The van der Waals surface area contributed by atoms with Crippen LogP contribution < -0.4 is 11.5 Å². The van der Waals surface area contributed by atoms with E-state index in [1.165, 1.54) is 25.7 Å². The number of rotatable bonds is 2. The third kappa shape index (κ3) is 1.96. The number of nitrogens with two attached hydrogens (primary N) is 2. The van der Waals surface area contributed by atoms with Gasteiger partial charge in [0.1, 0.15) is 0 Å². The lowest BCUT2D eigenvalue weighted by Crippen LogP contribution is -2.25.